The zero-order chi connectivity index (χ0) is 14.4. The van der Waals surface area contributed by atoms with E-state index in [-0.39, 0.29) is 10.8 Å². The van der Waals surface area contributed by atoms with Gasteiger partial charge in [0.05, 0.1) is 13.2 Å². The Bertz CT molecular complexity index is 193. The average Bonchev–Trinajstić information content (AvgIpc) is 2.08. The van der Waals surface area contributed by atoms with Crippen LogP contribution in [0.4, 0.5) is 0 Å². The number of rotatable bonds is 9. The molecule has 0 aliphatic rings. The molecule has 0 aliphatic heterocycles. The molecule has 0 saturated heterocycles. The first-order valence-electron chi connectivity index (χ1n) is 7.28. The zero-order valence-corrected chi connectivity index (χ0v) is 13.8. The van der Waals surface area contributed by atoms with Gasteiger partial charge in [0.2, 0.25) is 0 Å². The minimum absolute atomic E-state index is 0.191. The highest BCUT2D eigenvalue weighted by molar-refractivity contribution is 4.70. The van der Waals surface area contributed by atoms with E-state index in [0.29, 0.717) is 25.0 Å². The molecule has 0 amide bonds. The molecule has 0 aromatic heterocycles. The predicted molar refractivity (Wildman–Crippen MR) is 78.4 cm³/mol. The lowest BCUT2D eigenvalue weighted by molar-refractivity contribution is -0.321. The van der Waals surface area contributed by atoms with E-state index in [1.165, 1.54) is 0 Å². The molecule has 0 bridgehead atoms. The molecule has 0 radical (unpaired) electrons. The van der Waals surface area contributed by atoms with Gasteiger partial charge in [-0.2, -0.15) is 0 Å². The maximum atomic E-state index is 5.42. The molecule has 0 atom stereocenters. The first-order valence-corrected chi connectivity index (χ1v) is 7.28. The van der Waals surface area contributed by atoms with Crippen molar-refractivity contribution in [1.82, 2.24) is 0 Å². The predicted octanol–water partition coefficient (Wildman–Crippen LogP) is 5.08. The van der Waals surface area contributed by atoms with Crippen molar-refractivity contribution in [2.75, 3.05) is 13.2 Å². The van der Waals surface area contributed by atoms with Crippen molar-refractivity contribution in [3.8, 4) is 0 Å². The molecule has 0 rings (SSSR count). The molecule has 0 fully saturated rings. The monoisotopic (exact) mass is 258 g/mol. The van der Waals surface area contributed by atoms with E-state index in [4.69, 9.17) is 9.78 Å². The Hall–Kier alpha value is -0.0800. The first kappa shape index (κ1) is 17.9. The van der Waals surface area contributed by atoms with Gasteiger partial charge in [0.15, 0.2) is 0 Å². The van der Waals surface area contributed by atoms with Crippen molar-refractivity contribution >= 4 is 0 Å². The van der Waals surface area contributed by atoms with Gasteiger partial charge in [0, 0.05) is 0 Å². The highest BCUT2D eigenvalue weighted by Gasteiger charge is 2.23. The Morgan fingerprint density at radius 3 is 1.17 bits per heavy atom. The summed E-state index contributed by atoms with van der Waals surface area (Å²) in [6.45, 7) is 19.2. The van der Waals surface area contributed by atoms with E-state index < -0.39 is 0 Å². The quantitative estimate of drug-likeness (QED) is 0.326. The van der Waals surface area contributed by atoms with Crippen LogP contribution in [0.2, 0.25) is 0 Å². The summed E-state index contributed by atoms with van der Waals surface area (Å²) in [7, 11) is 0. The molecule has 0 saturated carbocycles. The van der Waals surface area contributed by atoms with Crippen LogP contribution in [0.15, 0.2) is 0 Å². The van der Waals surface area contributed by atoms with Gasteiger partial charge in [0.25, 0.3) is 0 Å². The van der Waals surface area contributed by atoms with Gasteiger partial charge in [0.1, 0.15) is 0 Å². The van der Waals surface area contributed by atoms with Crippen LogP contribution in [0.25, 0.3) is 0 Å². The summed E-state index contributed by atoms with van der Waals surface area (Å²) >= 11 is 0. The Morgan fingerprint density at radius 1 is 0.667 bits per heavy atom. The van der Waals surface area contributed by atoms with E-state index in [0.717, 1.165) is 12.8 Å². The van der Waals surface area contributed by atoms with Gasteiger partial charge in [-0.15, -0.1) is 0 Å². The Kier molecular flexibility index (Phi) is 7.46. The summed E-state index contributed by atoms with van der Waals surface area (Å²) in [4.78, 5) is 10.8. The average molecular weight is 258 g/mol. The molecular formula is C16H34O2. The SMILES string of the molecule is CC(C)CC(C)(C)COOCC(C)(C)CC(C)C. The summed E-state index contributed by atoms with van der Waals surface area (Å²) in [5, 5.41) is 0. The zero-order valence-electron chi connectivity index (χ0n) is 13.8. The van der Waals surface area contributed by atoms with Gasteiger partial charge < -0.3 is 0 Å². The van der Waals surface area contributed by atoms with Crippen molar-refractivity contribution in [3.63, 3.8) is 0 Å². The molecule has 110 valence electrons. The van der Waals surface area contributed by atoms with Crippen molar-refractivity contribution in [3.05, 3.63) is 0 Å². The lowest BCUT2D eigenvalue weighted by Crippen LogP contribution is -2.25. The third-order valence-corrected chi connectivity index (χ3v) is 2.90. The molecule has 0 N–H and O–H groups in total. The topological polar surface area (TPSA) is 18.5 Å². The lowest BCUT2D eigenvalue weighted by atomic mass is 9.85. The maximum absolute atomic E-state index is 5.42. The van der Waals surface area contributed by atoms with Crippen molar-refractivity contribution < 1.29 is 9.78 Å². The van der Waals surface area contributed by atoms with Crippen LogP contribution in [-0.4, -0.2) is 13.2 Å². The van der Waals surface area contributed by atoms with Crippen LogP contribution < -0.4 is 0 Å². The van der Waals surface area contributed by atoms with Crippen molar-refractivity contribution in [1.29, 1.82) is 0 Å². The minimum atomic E-state index is 0.191. The van der Waals surface area contributed by atoms with Crippen molar-refractivity contribution in [2.24, 2.45) is 22.7 Å². The normalized spacial score (nSPS) is 13.7. The fourth-order valence-electron chi connectivity index (χ4n) is 2.73. The Labute approximate surface area is 114 Å². The third-order valence-electron chi connectivity index (χ3n) is 2.90. The van der Waals surface area contributed by atoms with Gasteiger partial charge in [-0.25, -0.2) is 9.78 Å². The number of hydrogen-bond acceptors (Lipinski definition) is 2. The second-order valence-electron chi connectivity index (χ2n) is 8.05. The highest BCUT2D eigenvalue weighted by Crippen LogP contribution is 2.27. The molecule has 0 spiro atoms. The largest absolute Gasteiger partial charge is 0.236 e. The van der Waals surface area contributed by atoms with Crippen LogP contribution in [0.3, 0.4) is 0 Å². The number of hydrogen-bond donors (Lipinski definition) is 0. The second kappa shape index (κ2) is 7.49. The minimum Gasteiger partial charge on any atom is -0.236 e. The van der Waals surface area contributed by atoms with Crippen LogP contribution in [-0.2, 0) is 9.78 Å². The molecule has 0 aliphatic carbocycles. The molecule has 0 aromatic carbocycles. The maximum Gasteiger partial charge on any atom is 0.0873 e. The van der Waals surface area contributed by atoms with Gasteiger partial charge in [-0.05, 0) is 35.5 Å². The third kappa shape index (κ3) is 9.90. The van der Waals surface area contributed by atoms with Crippen LogP contribution in [0.1, 0.15) is 68.2 Å². The van der Waals surface area contributed by atoms with E-state index in [2.05, 4.69) is 55.4 Å². The van der Waals surface area contributed by atoms with E-state index in [1.54, 1.807) is 0 Å². The van der Waals surface area contributed by atoms with Crippen molar-refractivity contribution in [2.45, 2.75) is 68.2 Å². The van der Waals surface area contributed by atoms with Crippen LogP contribution >= 0.6 is 0 Å². The molecule has 0 aromatic rings. The summed E-state index contributed by atoms with van der Waals surface area (Å²) in [6, 6.07) is 0. The molecule has 18 heavy (non-hydrogen) atoms. The standard InChI is InChI=1S/C16H34O2/c1-13(2)9-15(5,6)11-17-18-12-16(7,8)10-14(3)4/h13-14H,9-12H2,1-8H3. The van der Waals surface area contributed by atoms with Crippen LogP contribution in [0, 0.1) is 22.7 Å². The lowest BCUT2D eigenvalue weighted by Gasteiger charge is -2.28. The van der Waals surface area contributed by atoms with Gasteiger partial charge in [-0.3, -0.25) is 0 Å². The fourth-order valence-corrected chi connectivity index (χ4v) is 2.73. The fraction of sp³-hybridized carbons (Fsp3) is 1.00. The van der Waals surface area contributed by atoms with Gasteiger partial charge in [-0.1, -0.05) is 55.4 Å². The highest BCUT2D eigenvalue weighted by atomic mass is 17.2. The van der Waals surface area contributed by atoms with E-state index in [1.807, 2.05) is 0 Å². The van der Waals surface area contributed by atoms with Crippen LogP contribution in [0.5, 0.6) is 0 Å². The first-order chi connectivity index (χ1) is 8.04. The molecule has 0 heterocycles. The Balaban J connectivity index is 3.85. The Morgan fingerprint density at radius 2 is 0.944 bits per heavy atom. The molecule has 2 nitrogen and oxygen atoms in total. The molecular weight excluding hydrogens is 224 g/mol. The summed E-state index contributed by atoms with van der Waals surface area (Å²) in [5.74, 6) is 1.39. The summed E-state index contributed by atoms with van der Waals surface area (Å²) < 4.78 is 0. The molecule has 2 heteroatoms. The molecule has 0 unspecified atom stereocenters. The second-order valence-corrected chi connectivity index (χ2v) is 8.05. The van der Waals surface area contributed by atoms with E-state index >= 15 is 0 Å². The van der Waals surface area contributed by atoms with Gasteiger partial charge >= 0.3 is 0 Å². The summed E-state index contributed by atoms with van der Waals surface area (Å²) in [5.41, 5.74) is 0.382. The summed E-state index contributed by atoms with van der Waals surface area (Å²) in [6.07, 6.45) is 2.32. The smallest absolute Gasteiger partial charge is 0.0873 e. The van der Waals surface area contributed by atoms with E-state index in [9.17, 15) is 0 Å².